The monoisotopic (exact) mass is 340 g/mol. The number of benzene rings is 1. The Kier molecular flexibility index (Phi) is 3.86. The van der Waals surface area contributed by atoms with Gasteiger partial charge in [0.25, 0.3) is 0 Å². The minimum atomic E-state index is -0.0485. The van der Waals surface area contributed by atoms with Crippen LogP contribution in [0, 0.1) is 5.92 Å². The van der Waals surface area contributed by atoms with E-state index in [-0.39, 0.29) is 5.38 Å². The fourth-order valence-electron chi connectivity index (χ4n) is 3.06. The molecule has 3 rings (SSSR count). The van der Waals surface area contributed by atoms with Crippen molar-refractivity contribution in [2.75, 3.05) is 0 Å². The summed E-state index contributed by atoms with van der Waals surface area (Å²) in [6.07, 6.45) is 5.41. The summed E-state index contributed by atoms with van der Waals surface area (Å²) in [6, 6.07) is 6.26. The third kappa shape index (κ3) is 2.68. The maximum Gasteiger partial charge on any atom is 0.127 e. The van der Waals surface area contributed by atoms with Gasteiger partial charge in [-0.05, 0) is 43.9 Å². The highest BCUT2D eigenvalue weighted by molar-refractivity contribution is 9.10. The summed E-state index contributed by atoms with van der Waals surface area (Å²) < 4.78 is 3.43. The van der Waals surface area contributed by atoms with Gasteiger partial charge in [0.1, 0.15) is 5.82 Å². The van der Waals surface area contributed by atoms with Crippen LogP contribution in [0.2, 0.25) is 0 Å². The molecule has 1 fully saturated rings. The Bertz CT molecular complexity index is 585. The van der Waals surface area contributed by atoms with Crippen LogP contribution in [0.5, 0.6) is 0 Å². The van der Waals surface area contributed by atoms with Gasteiger partial charge in [-0.3, -0.25) is 0 Å². The van der Waals surface area contributed by atoms with Crippen molar-refractivity contribution in [3.8, 4) is 0 Å². The summed E-state index contributed by atoms with van der Waals surface area (Å²) in [4.78, 5) is 4.71. The average Bonchev–Trinajstić information content (AvgIpc) is 2.98. The van der Waals surface area contributed by atoms with Crippen molar-refractivity contribution in [2.24, 2.45) is 5.92 Å². The van der Waals surface area contributed by atoms with Crippen LogP contribution in [0.15, 0.2) is 22.7 Å². The summed E-state index contributed by atoms with van der Waals surface area (Å²) in [6.45, 7) is 3.06. The topological polar surface area (TPSA) is 17.8 Å². The number of nitrogens with zero attached hydrogens (tertiary/aromatic N) is 2. The molecule has 0 aliphatic heterocycles. The number of aromatic nitrogens is 2. The van der Waals surface area contributed by atoms with Crippen LogP contribution in [-0.2, 0) is 6.54 Å². The lowest BCUT2D eigenvalue weighted by molar-refractivity contribution is 0.454. The Morgan fingerprint density at radius 2 is 2.16 bits per heavy atom. The van der Waals surface area contributed by atoms with Crippen LogP contribution in [0.25, 0.3) is 11.0 Å². The SMILES string of the molecule is CC(Cl)c1nc2ccc(Br)cc2n1CC1CCCC1. The predicted molar refractivity (Wildman–Crippen MR) is 83.7 cm³/mol. The first kappa shape index (κ1) is 13.4. The van der Waals surface area contributed by atoms with Gasteiger partial charge in [-0.2, -0.15) is 0 Å². The summed E-state index contributed by atoms with van der Waals surface area (Å²) in [5.74, 6) is 1.78. The van der Waals surface area contributed by atoms with Crippen molar-refractivity contribution in [2.45, 2.75) is 44.5 Å². The molecule has 0 saturated heterocycles. The summed E-state index contributed by atoms with van der Waals surface area (Å²) >= 11 is 9.86. The second-order valence-corrected chi connectivity index (χ2v) is 7.05. The standard InChI is InChI=1S/C15H18BrClN2/c1-10(17)15-18-13-7-6-12(16)8-14(13)19(15)9-11-4-2-3-5-11/h6-8,10-11H,2-5,9H2,1H3. The maximum absolute atomic E-state index is 6.31. The molecule has 1 aromatic heterocycles. The third-order valence-electron chi connectivity index (χ3n) is 4.01. The first-order chi connectivity index (χ1) is 9.15. The van der Waals surface area contributed by atoms with E-state index in [1.54, 1.807) is 0 Å². The van der Waals surface area contributed by atoms with Gasteiger partial charge in [0.2, 0.25) is 0 Å². The Labute approximate surface area is 127 Å². The Morgan fingerprint density at radius 1 is 1.42 bits per heavy atom. The molecule has 0 amide bonds. The Morgan fingerprint density at radius 3 is 2.84 bits per heavy atom. The molecule has 0 bridgehead atoms. The molecule has 1 aromatic carbocycles. The van der Waals surface area contributed by atoms with Gasteiger partial charge in [-0.1, -0.05) is 28.8 Å². The number of imidazole rings is 1. The van der Waals surface area contributed by atoms with E-state index in [1.807, 2.05) is 13.0 Å². The minimum absolute atomic E-state index is 0.0485. The van der Waals surface area contributed by atoms with E-state index in [0.717, 1.165) is 28.3 Å². The molecular weight excluding hydrogens is 324 g/mol. The lowest BCUT2D eigenvalue weighted by Gasteiger charge is -2.15. The van der Waals surface area contributed by atoms with Gasteiger partial charge in [-0.15, -0.1) is 11.6 Å². The normalized spacial score (nSPS) is 18.3. The van der Waals surface area contributed by atoms with Crippen molar-refractivity contribution in [3.63, 3.8) is 0 Å². The third-order valence-corrected chi connectivity index (χ3v) is 4.70. The van der Waals surface area contributed by atoms with Crippen molar-refractivity contribution in [1.29, 1.82) is 0 Å². The summed E-state index contributed by atoms with van der Waals surface area (Å²) in [7, 11) is 0. The zero-order valence-electron chi connectivity index (χ0n) is 11.1. The van der Waals surface area contributed by atoms with E-state index in [1.165, 1.54) is 31.2 Å². The molecule has 1 saturated carbocycles. The van der Waals surface area contributed by atoms with Crippen LogP contribution in [0.3, 0.4) is 0 Å². The maximum atomic E-state index is 6.31. The molecule has 2 aromatic rings. The quantitative estimate of drug-likeness (QED) is 0.694. The van der Waals surface area contributed by atoms with Crippen molar-refractivity contribution in [1.82, 2.24) is 9.55 Å². The molecule has 1 atom stereocenters. The second kappa shape index (κ2) is 5.45. The van der Waals surface area contributed by atoms with Crippen LogP contribution >= 0.6 is 27.5 Å². The molecule has 0 radical (unpaired) electrons. The fraction of sp³-hybridized carbons (Fsp3) is 0.533. The summed E-state index contributed by atoms with van der Waals surface area (Å²) in [5, 5.41) is -0.0485. The van der Waals surface area contributed by atoms with E-state index in [9.17, 15) is 0 Å². The minimum Gasteiger partial charge on any atom is -0.326 e. The van der Waals surface area contributed by atoms with Crippen LogP contribution in [0.1, 0.15) is 43.8 Å². The first-order valence-electron chi connectivity index (χ1n) is 6.95. The molecule has 1 heterocycles. The number of alkyl halides is 1. The predicted octanol–water partition coefficient (Wildman–Crippen LogP) is 5.29. The zero-order chi connectivity index (χ0) is 13.4. The Balaban J connectivity index is 2.06. The highest BCUT2D eigenvalue weighted by Crippen LogP contribution is 2.31. The van der Waals surface area contributed by atoms with E-state index in [4.69, 9.17) is 16.6 Å². The molecule has 1 unspecified atom stereocenters. The van der Waals surface area contributed by atoms with Gasteiger partial charge in [0.05, 0.1) is 16.4 Å². The Hall–Kier alpha value is -0.540. The number of hydrogen-bond acceptors (Lipinski definition) is 1. The molecule has 102 valence electrons. The molecule has 1 aliphatic rings. The van der Waals surface area contributed by atoms with E-state index >= 15 is 0 Å². The molecule has 0 N–H and O–H groups in total. The van der Waals surface area contributed by atoms with Crippen molar-refractivity contribution < 1.29 is 0 Å². The lowest BCUT2D eigenvalue weighted by atomic mass is 10.1. The number of hydrogen-bond donors (Lipinski definition) is 0. The second-order valence-electron chi connectivity index (χ2n) is 5.48. The van der Waals surface area contributed by atoms with Gasteiger partial charge >= 0.3 is 0 Å². The van der Waals surface area contributed by atoms with Crippen LogP contribution in [0.4, 0.5) is 0 Å². The van der Waals surface area contributed by atoms with E-state index in [2.05, 4.69) is 32.6 Å². The zero-order valence-corrected chi connectivity index (χ0v) is 13.4. The van der Waals surface area contributed by atoms with E-state index < -0.39 is 0 Å². The molecular formula is C15H18BrClN2. The van der Waals surface area contributed by atoms with Crippen molar-refractivity contribution >= 4 is 38.6 Å². The molecule has 4 heteroatoms. The smallest absolute Gasteiger partial charge is 0.127 e. The van der Waals surface area contributed by atoms with Gasteiger partial charge in [0.15, 0.2) is 0 Å². The largest absolute Gasteiger partial charge is 0.326 e. The fourth-order valence-corrected chi connectivity index (χ4v) is 3.58. The van der Waals surface area contributed by atoms with Crippen molar-refractivity contribution in [3.05, 3.63) is 28.5 Å². The lowest BCUT2D eigenvalue weighted by Crippen LogP contribution is -2.11. The summed E-state index contributed by atoms with van der Waals surface area (Å²) in [5.41, 5.74) is 2.24. The molecule has 1 aliphatic carbocycles. The van der Waals surface area contributed by atoms with Crippen LogP contribution < -0.4 is 0 Å². The van der Waals surface area contributed by atoms with Gasteiger partial charge in [-0.25, -0.2) is 4.98 Å². The van der Waals surface area contributed by atoms with Gasteiger partial charge < -0.3 is 4.57 Å². The number of rotatable bonds is 3. The number of halogens is 2. The molecule has 0 spiro atoms. The molecule has 19 heavy (non-hydrogen) atoms. The van der Waals surface area contributed by atoms with Crippen LogP contribution in [-0.4, -0.2) is 9.55 Å². The highest BCUT2D eigenvalue weighted by Gasteiger charge is 2.21. The first-order valence-corrected chi connectivity index (χ1v) is 8.18. The average molecular weight is 342 g/mol. The highest BCUT2D eigenvalue weighted by atomic mass is 79.9. The van der Waals surface area contributed by atoms with Gasteiger partial charge in [0, 0.05) is 11.0 Å². The van der Waals surface area contributed by atoms with E-state index in [0.29, 0.717) is 0 Å². The molecule has 2 nitrogen and oxygen atoms in total. The number of fused-ring (bicyclic) bond motifs is 1.